The smallest absolute Gasteiger partial charge is 0.337 e. The van der Waals surface area contributed by atoms with Gasteiger partial charge in [-0.2, -0.15) is 0 Å². The number of benzene rings is 1. The average Bonchev–Trinajstić information content (AvgIpc) is 2.64. The Bertz CT molecular complexity index is 669. The molecule has 0 bridgehead atoms. The van der Waals surface area contributed by atoms with Gasteiger partial charge >= 0.3 is 5.97 Å². The third kappa shape index (κ3) is 5.39. The van der Waals surface area contributed by atoms with Crippen LogP contribution in [0.5, 0.6) is 0 Å². The largest absolute Gasteiger partial charge is 0.465 e. The summed E-state index contributed by atoms with van der Waals surface area (Å²) in [5.74, 6) is 0.385. The van der Waals surface area contributed by atoms with E-state index in [1.165, 1.54) is 7.11 Å². The fourth-order valence-electron chi connectivity index (χ4n) is 2.05. The zero-order chi connectivity index (χ0) is 17.2. The molecule has 6 heteroatoms. The summed E-state index contributed by atoms with van der Waals surface area (Å²) in [4.78, 5) is 20.2. The maximum Gasteiger partial charge on any atom is 0.337 e. The summed E-state index contributed by atoms with van der Waals surface area (Å²) in [5, 5.41) is 6.45. The van der Waals surface area contributed by atoms with E-state index in [9.17, 15) is 4.79 Å². The minimum atomic E-state index is -0.338. The quantitative estimate of drug-likeness (QED) is 0.483. The van der Waals surface area contributed by atoms with Gasteiger partial charge in [0.05, 0.1) is 31.5 Å². The molecule has 0 aliphatic carbocycles. The van der Waals surface area contributed by atoms with Crippen LogP contribution in [-0.2, 0) is 17.8 Å². The molecular weight excluding hydrogens is 304 g/mol. The Morgan fingerprint density at radius 2 is 1.96 bits per heavy atom. The van der Waals surface area contributed by atoms with Crippen molar-refractivity contribution < 1.29 is 9.53 Å². The molecule has 1 aromatic carbocycles. The van der Waals surface area contributed by atoms with Gasteiger partial charge in [-0.15, -0.1) is 0 Å². The number of aliphatic imine (C=N–C) groups is 1. The monoisotopic (exact) mass is 326 g/mol. The molecule has 0 unspecified atom stereocenters. The minimum Gasteiger partial charge on any atom is -0.465 e. The van der Waals surface area contributed by atoms with Crippen molar-refractivity contribution in [1.82, 2.24) is 15.6 Å². The molecule has 126 valence electrons. The van der Waals surface area contributed by atoms with E-state index < -0.39 is 0 Å². The number of hydrogen-bond acceptors (Lipinski definition) is 4. The summed E-state index contributed by atoms with van der Waals surface area (Å²) >= 11 is 0. The summed E-state index contributed by atoms with van der Waals surface area (Å²) in [5.41, 5.74) is 2.49. The molecule has 0 saturated carbocycles. The SMILES string of the molecule is CCNC(=NCc1ccc(C(=O)OC)cc1)NCc1ccccn1. The number of ether oxygens (including phenoxy) is 1. The number of esters is 1. The lowest BCUT2D eigenvalue weighted by Crippen LogP contribution is -2.37. The highest BCUT2D eigenvalue weighted by molar-refractivity contribution is 5.89. The molecule has 0 fully saturated rings. The number of pyridine rings is 1. The van der Waals surface area contributed by atoms with Crippen LogP contribution in [-0.4, -0.2) is 30.6 Å². The molecule has 1 aromatic heterocycles. The van der Waals surface area contributed by atoms with Gasteiger partial charge in [0.2, 0.25) is 0 Å². The summed E-state index contributed by atoms with van der Waals surface area (Å²) in [6.07, 6.45) is 1.77. The van der Waals surface area contributed by atoms with Crippen molar-refractivity contribution in [3.8, 4) is 0 Å². The zero-order valence-electron chi connectivity index (χ0n) is 14.0. The van der Waals surface area contributed by atoms with Gasteiger partial charge in [-0.05, 0) is 36.8 Å². The first kappa shape index (κ1) is 17.5. The average molecular weight is 326 g/mol. The van der Waals surface area contributed by atoms with E-state index in [4.69, 9.17) is 0 Å². The minimum absolute atomic E-state index is 0.338. The number of nitrogens with one attached hydrogen (secondary N) is 2. The highest BCUT2D eigenvalue weighted by Gasteiger charge is 2.04. The van der Waals surface area contributed by atoms with Crippen LogP contribution in [0.15, 0.2) is 53.7 Å². The molecule has 2 aromatic rings. The van der Waals surface area contributed by atoms with Crippen LogP contribution in [0.2, 0.25) is 0 Å². The van der Waals surface area contributed by atoms with Crippen LogP contribution in [0.4, 0.5) is 0 Å². The maximum atomic E-state index is 11.4. The van der Waals surface area contributed by atoms with Gasteiger partial charge in [-0.1, -0.05) is 18.2 Å². The first-order valence-electron chi connectivity index (χ1n) is 7.82. The van der Waals surface area contributed by atoms with Gasteiger partial charge in [0, 0.05) is 12.7 Å². The highest BCUT2D eigenvalue weighted by atomic mass is 16.5. The fraction of sp³-hybridized carbons (Fsp3) is 0.278. The number of carbonyl (C=O) groups is 1. The van der Waals surface area contributed by atoms with Crippen LogP contribution in [0.3, 0.4) is 0 Å². The first-order valence-corrected chi connectivity index (χ1v) is 7.82. The molecule has 1 heterocycles. The van der Waals surface area contributed by atoms with Crippen molar-refractivity contribution in [3.63, 3.8) is 0 Å². The third-order valence-electron chi connectivity index (χ3n) is 3.30. The van der Waals surface area contributed by atoms with E-state index in [0.717, 1.165) is 23.8 Å². The summed E-state index contributed by atoms with van der Waals surface area (Å²) in [6.45, 7) is 3.91. The molecule has 0 atom stereocenters. The van der Waals surface area contributed by atoms with Crippen LogP contribution in [0, 0.1) is 0 Å². The lowest BCUT2D eigenvalue weighted by molar-refractivity contribution is 0.0600. The molecule has 6 nitrogen and oxygen atoms in total. The van der Waals surface area contributed by atoms with E-state index in [1.54, 1.807) is 18.3 Å². The Balaban J connectivity index is 1.96. The highest BCUT2D eigenvalue weighted by Crippen LogP contribution is 2.07. The van der Waals surface area contributed by atoms with Gasteiger partial charge in [-0.25, -0.2) is 9.79 Å². The van der Waals surface area contributed by atoms with E-state index >= 15 is 0 Å². The van der Waals surface area contributed by atoms with Gasteiger partial charge < -0.3 is 15.4 Å². The predicted octanol–water partition coefficient (Wildman–Crippen LogP) is 2.12. The Labute approximate surface area is 142 Å². The molecule has 0 radical (unpaired) electrons. The normalized spacial score (nSPS) is 11.0. The fourth-order valence-corrected chi connectivity index (χ4v) is 2.05. The standard InChI is InChI=1S/C18H22N4O2/c1-3-19-18(22-13-16-6-4-5-11-20-16)21-12-14-7-9-15(10-8-14)17(23)24-2/h4-11H,3,12-13H2,1-2H3,(H2,19,21,22). The molecule has 24 heavy (non-hydrogen) atoms. The number of carbonyl (C=O) groups excluding carboxylic acids is 1. The Morgan fingerprint density at radius 1 is 1.17 bits per heavy atom. The second kappa shape index (κ2) is 9.29. The molecule has 0 spiro atoms. The second-order valence-electron chi connectivity index (χ2n) is 5.06. The van der Waals surface area contributed by atoms with Crippen LogP contribution in [0.25, 0.3) is 0 Å². The molecule has 2 N–H and O–H groups in total. The second-order valence-corrected chi connectivity index (χ2v) is 5.06. The van der Waals surface area contributed by atoms with Crippen molar-refractivity contribution in [2.45, 2.75) is 20.0 Å². The van der Waals surface area contributed by atoms with Crippen molar-refractivity contribution in [2.24, 2.45) is 4.99 Å². The lowest BCUT2D eigenvalue weighted by atomic mass is 10.1. The van der Waals surface area contributed by atoms with Gasteiger partial charge in [-0.3, -0.25) is 4.98 Å². The Hall–Kier alpha value is -2.89. The predicted molar refractivity (Wildman–Crippen MR) is 93.7 cm³/mol. The van der Waals surface area contributed by atoms with Gasteiger partial charge in [0.25, 0.3) is 0 Å². The third-order valence-corrected chi connectivity index (χ3v) is 3.30. The number of rotatable bonds is 6. The number of guanidine groups is 1. The van der Waals surface area contributed by atoms with Crippen LogP contribution >= 0.6 is 0 Å². The zero-order valence-corrected chi connectivity index (χ0v) is 14.0. The molecule has 0 amide bonds. The maximum absolute atomic E-state index is 11.4. The van der Waals surface area contributed by atoms with E-state index in [0.29, 0.717) is 18.7 Å². The van der Waals surface area contributed by atoms with Gasteiger partial charge in [0.1, 0.15) is 0 Å². The topological polar surface area (TPSA) is 75.6 Å². The van der Waals surface area contributed by atoms with Crippen LogP contribution in [0.1, 0.15) is 28.5 Å². The first-order chi connectivity index (χ1) is 11.7. The van der Waals surface area contributed by atoms with Gasteiger partial charge in [0.15, 0.2) is 5.96 Å². The van der Waals surface area contributed by atoms with E-state index in [1.807, 2.05) is 37.3 Å². The number of methoxy groups -OCH3 is 1. The lowest BCUT2D eigenvalue weighted by Gasteiger charge is -2.11. The molecule has 0 saturated heterocycles. The molecule has 0 aliphatic rings. The number of aromatic nitrogens is 1. The molecule has 0 aliphatic heterocycles. The molecule has 2 rings (SSSR count). The van der Waals surface area contributed by atoms with Crippen molar-refractivity contribution in [2.75, 3.05) is 13.7 Å². The van der Waals surface area contributed by atoms with Crippen molar-refractivity contribution in [3.05, 3.63) is 65.5 Å². The van der Waals surface area contributed by atoms with Crippen LogP contribution < -0.4 is 10.6 Å². The summed E-state index contributed by atoms with van der Waals surface area (Å²) < 4.78 is 4.69. The van der Waals surface area contributed by atoms with E-state index in [-0.39, 0.29) is 5.97 Å². The summed E-state index contributed by atoms with van der Waals surface area (Å²) in [6, 6.07) is 13.0. The Morgan fingerprint density at radius 3 is 2.58 bits per heavy atom. The van der Waals surface area contributed by atoms with E-state index in [2.05, 4.69) is 25.3 Å². The molecular formula is C18H22N4O2. The van der Waals surface area contributed by atoms with Crippen molar-refractivity contribution in [1.29, 1.82) is 0 Å². The summed E-state index contributed by atoms with van der Waals surface area (Å²) in [7, 11) is 1.37. The Kier molecular flexibility index (Phi) is 6.76. The number of nitrogens with zero attached hydrogens (tertiary/aromatic N) is 2. The van der Waals surface area contributed by atoms with Crippen molar-refractivity contribution >= 4 is 11.9 Å². The number of hydrogen-bond donors (Lipinski definition) is 2.